The lowest BCUT2D eigenvalue weighted by molar-refractivity contribution is -0.144. The lowest BCUT2D eigenvalue weighted by atomic mass is 9.88. The fourth-order valence-electron chi connectivity index (χ4n) is 2.32. The number of carboxylic acids is 1. The highest BCUT2D eigenvalue weighted by Gasteiger charge is 2.29. The van der Waals surface area contributed by atoms with E-state index >= 15 is 0 Å². The van der Waals surface area contributed by atoms with Crippen LogP contribution in [0.5, 0.6) is 0 Å². The first kappa shape index (κ1) is 14.0. The average molecular weight is 241 g/mol. The van der Waals surface area contributed by atoms with Gasteiger partial charge in [0, 0.05) is 5.92 Å². The molecule has 1 aliphatic carbocycles. The van der Waals surface area contributed by atoms with E-state index in [0.717, 1.165) is 32.1 Å². The Morgan fingerprint density at radius 3 is 2.35 bits per heavy atom. The van der Waals surface area contributed by atoms with Crippen LogP contribution in [0.15, 0.2) is 0 Å². The molecule has 0 saturated heterocycles. The summed E-state index contributed by atoms with van der Waals surface area (Å²) < 4.78 is 0. The minimum absolute atomic E-state index is 0.0228. The quantitative estimate of drug-likeness (QED) is 0.775. The Hall–Kier alpha value is -1.06. The van der Waals surface area contributed by atoms with E-state index in [-0.39, 0.29) is 17.7 Å². The van der Waals surface area contributed by atoms with Crippen molar-refractivity contribution >= 4 is 11.9 Å². The zero-order valence-electron chi connectivity index (χ0n) is 10.7. The van der Waals surface area contributed by atoms with E-state index in [9.17, 15) is 9.59 Å². The molecule has 0 aliphatic heterocycles. The molecule has 0 aromatic heterocycles. The maximum Gasteiger partial charge on any atom is 0.326 e. The molecule has 0 heterocycles. The molecule has 4 nitrogen and oxygen atoms in total. The molecule has 1 aliphatic rings. The first-order chi connectivity index (χ1) is 8.06. The van der Waals surface area contributed by atoms with Crippen LogP contribution in [-0.2, 0) is 9.59 Å². The molecule has 17 heavy (non-hydrogen) atoms. The van der Waals surface area contributed by atoms with Crippen molar-refractivity contribution in [2.45, 2.75) is 58.4 Å². The van der Waals surface area contributed by atoms with E-state index in [4.69, 9.17) is 5.11 Å². The molecule has 4 heteroatoms. The van der Waals surface area contributed by atoms with Crippen LogP contribution in [0.3, 0.4) is 0 Å². The molecule has 2 N–H and O–H groups in total. The molecular formula is C13H23NO3. The summed E-state index contributed by atoms with van der Waals surface area (Å²) in [5.41, 5.74) is 0. The number of rotatable bonds is 5. The van der Waals surface area contributed by atoms with Gasteiger partial charge in [0.2, 0.25) is 5.91 Å². The average Bonchev–Trinajstić information content (AvgIpc) is 2.35. The van der Waals surface area contributed by atoms with Crippen LogP contribution in [0.25, 0.3) is 0 Å². The molecule has 0 aromatic carbocycles. The van der Waals surface area contributed by atoms with Crippen LogP contribution < -0.4 is 5.32 Å². The third-order valence-corrected chi connectivity index (χ3v) is 3.75. The van der Waals surface area contributed by atoms with Crippen molar-refractivity contribution in [2.24, 2.45) is 11.8 Å². The van der Waals surface area contributed by atoms with Gasteiger partial charge in [-0.3, -0.25) is 4.79 Å². The Bertz CT molecular complexity index is 272. The summed E-state index contributed by atoms with van der Waals surface area (Å²) in [6.07, 6.45) is 5.91. The number of amides is 1. The van der Waals surface area contributed by atoms with Crippen molar-refractivity contribution in [1.29, 1.82) is 0 Å². The minimum atomic E-state index is -0.927. The Balaban J connectivity index is 2.53. The Kier molecular flexibility index (Phi) is 5.45. The zero-order chi connectivity index (χ0) is 12.8. The maximum absolute atomic E-state index is 12.0. The molecule has 1 fully saturated rings. The highest BCUT2D eigenvalue weighted by molar-refractivity contribution is 5.85. The normalized spacial score (nSPS) is 20.6. The number of carbonyl (C=O) groups excluding carboxylic acids is 1. The molecule has 98 valence electrons. The summed E-state index contributed by atoms with van der Waals surface area (Å²) in [5, 5.41) is 11.8. The van der Waals surface area contributed by atoms with Crippen LogP contribution >= 0.6 is 0 Å². The molecule has 0 aromatic rings. The minimum Gasteiger partial charge on any atom is -0.480 e. The van der Waals surface area contributed by atoms with Gasteiger partial charge in [-0.05, 0) is 18.8 Å². The lowest BCUT2D eigenvalue weighted by Gasteiger charge is -2.25. The van der Waals surface area contributed by atoms with Crippen molar-refractivity contribution in [3.05, 3.63) is 0 Å². The molecule has 0 bridgehead atoms. The second-order valence-electron chi connectivity index (χ2n) is 5.04. The number of carboxylic acid groups (broad SMARTS) is 1. The van der Waals surface area contributed by atoms with Crippen LogP contribution in [0.4, 0.5) is 0 Å². The van der Waals surface area contributed by atoms with Gasteiger partial charge >= 0.3 is 5.97 Å². The topological polar surface area (TPSA) is 66.4 Å². The van der Waals surface area contributed by atoms with E-state index in [1.807, 2.05) is 13.8 Å². The molecule has 1 amide bonds. The molecule has 0 radical (unpaired) electrons. The highest BCUT2D eigenvalue weighted by atomic mass is 16.4. The van der Waals surface area contributed by atoms with Gasteiger partial charge < -0.3 is 10.4 Å². The smallest absolute Gasteiger partial charge is 0.326 e. The van der Waals surface area contributed by atoms with Gasteiger partial charge in [-0.1, -0.05) is 39.5 Å². The maximum atomic E-state index is 12.0. The standard InChI is InChI=1S/C13H23NO3/c1-3-9(2)11(13(16)17)14-12(15)10-7-5-4-6-8-10/h9-11H,3-8H2,1-2H3,(H,14,15)(H,16,17)/t9-,11-/m1/s1. The summed E-state index contributed by atoms with van der Waals surface area (Å²) in [7, 11) is 0. The SMILES string of the molecule is CC[C@@H](C)[C@@H](NC(=O)C1CCCCC1)C(=O)O. The molecular weight excluding hydrogens is 218 g/mol. The van der Waals surface area contributed by atoms with Crippen LogP contribution in [0.2, 0.25) is 0 Å². The van der Waals surface area contributed by atoms with E-state index < -0.39 is 12.0 Å². The van der Waals surface area contributed by atoms with Gasteiger partial charge in [0.15, 0.2) is 0 Å². The van der Waals surface area contributed by atoms with Crippen molar-refractivity contribution < 1.29 is 14.7 Å². The van der Waals surface area contributed by atoms with Crippen LogP contribution in [-0.4, -0.2) is 23.0 Å². The monoisotopic (exact) mass is 241 g/mol. The Morgan fingerprint density at radius 2 is 1.88 bits per heavy atom. The third kappa shape index (κ3) is 4.02. The molecule has 1 rings (SSSR count). The second-order valence-corrected chi connectivity index (χ2v) is 5.04. The number of hydrogen-bond donors (Lipinski definition) is 2. The molecule has 1 saturated carbocycles. The predicted molar refractivity (Wildman–Crippen MR) is 65.6 cm³/mol. The fourth-order valence-corrected chi connectivity index (χ4v) is 2.32. The van der Waals surface area contributed by atoms with Gasteiger partial charge in [0.25, 0.3) is 0 Å². The second kappa shape index (κ2) is 6.62. The number of nitrogens with one attached hydrogen (secondary N) is 1. The third-order valence-electron chi connectivity index (χ3n) is 3.75. The molecule has 0 spiro atoms. The highest BCUT2D eigenvalue weighted by Crippen LogP contribution is 2.24. The van der Waals surface area contributed by atoms with Crippen molar-refractivity contribution in [3.8, 4) is 0 Å². The van der Waals surface area contributed by atoms with Crippen molar-refractivity contribution in [2.75, 3.05) is 0 Å². The van der Waals surface area contributed by atoms with Crippen molar-refractivity contribution in [3.63, 3.8) is 0 Å². The summed E-state index contributed by atoms with van der Waals surface area (Å²) >= 11 is 0. The molecule has 0 unspecified atom stereocenters. The largest absolute Gasteiger partial charge is 0.480 e. The van der Waals surface area contributed by atoms with Crippen LogP contribution in [0, 0.1) is 11.8 Å². The molecule has 2 atom stereocenters. The van der Waals surface area contributed by atoms with Gasteiger partial charge in [0.1, 0.15) is 6.04 Å². The van der Waals surface area contributed by atoms with Gasteiger partial charge in [-0.2, -0.15) is 0 Å². The van der Waals surface area contributed by atoms with E-state index in [1.54, 1.807) is 0 Å². The summed E-state index contributed by atoms with van der Waals surface area (Å²) in [6.45, 7) is 3.80. The van der Waals surface area contributed by atoms with E-state index in [2.05, 4.69) is 5.32 Å². The number of hydrogen-bond acceptors (Lipinski definition) is 2. The summed E-state index contributed by atoms with van der Waals surface area (Å²) in [5.74, 6) is -1.00. The van der Waals surface area contributed by atoms with Gasteiger partial charge in [-0.25, -0.2) is 4.79 Å². The Labute approximate surface area is 103 Å². The summed E-state index contributed by atoms with van der Waals surface area (Å²) in [6, 6.07) is -0.741. The van der Waals surface area contributed by atoms with Gasteiger partial charge in [0.05, 0.1) is 0 Å². The predicted octanol–water partition coefficient (Wildman–Crippen LogP) is 2.18. The lowest BCUT2D eigenvalue weighted by Crippen LogP contribution is -2.47. The van der Waals surface area contributed by atoms with E-state index in [1.165, 1.54) is 6.42 Å². The number of carbonyl (C=O) groups is 2. The zero-order valence-corrected chi connectivity index (χ0v) is 10.7. The summed E-state index contributed by atoms with van der Waals surface area (Å²) in [4.78, 5) is 23.1. The first-order valence-corrected chi connectivity index (χ1v) is 6.59. The fraction of sp³-hybridized carbons (Fsp3) is 0.846. The van der Waals surface area contributed by atoms with E-state index in [0.29, 0.717) is 0 Å². The Morgan fingerprint density at radius 1 is 1.29 bits per heavy atom. The van der Waals surface area contributed by atoms with Crippen LogP contribution in [0.1, 0.15) is 52.4 Å². The first-order valence-electron chi connectivity index (χ1n) is 6.59. The van der Waals surface area contributed by atoms with Gasteiger partial charge in [-0.15, -0.1) is 0 Å². The van der Waals surface area contributed by atoms with Crippen molar-refractivity contribution in [1.82, 2.24) is 5.32 Å². The number of aliphatic carboxylic acids is 1.